The minimum atomic E-state index is 0.805. The average Bonchev–Trinajstić information content (AvgIpc) is 2.43. The van der Waals surface area contributed by atoms with Crippen LogP contribution in [-0.4, -0.2) is 4.57 Å². The Labute approximate surface area is 110 Å². The van der Waals surface area contributed by atoms with Crippen molar-refractivity contribution in [2.75, 3.05) is 0 Å². The fourth-order valence-corrected chi connectivity index (χ4v) is 3.23. The van der Waals surface area contributed by atoms with Gasteiger partial charge >= 0.3 is 0 Å². The van der Waals surface area contributed by atoms with E-state index in [4.69, 9.17) is 11.6 Å². The summed E-state index contributed by atoms with van der Waals surface area (Å²) in [5, 5.41) is 2.02. The summed E-state index contributed by atoms with van der Waals surface area (Å²) >= 11 is 12.0. The van der Waals surface area contributed by atoms with Crippen molar-refractivity contribution in [3.8, 4) is 0 Å². The molecule has 0 N–H and O–H groups in total. The Morgan fingerprint density at radius 3 is 2.86 bits per heavy atom. The first-order valence-corrected chi connectivity index (χ1v) is 6.52. The van der Waals surface area contributed by atoms with E-state index in [0.717, 1.165) is 21.6 Å². The Morgan fingerprint density at radius 2 is 2.21 bits per heavy atom. The lowest BCUT2D eigenvalue weighted by atomic mass is 10.2. The highest BCUT2D eigenvalue weighted by molar-refractivity contribution is 14.1. The lowest BCUT2D eigenvalue weighted by Crippen LogP contribution is -1.91. The van der Waals surface area contributed by atoms with Gasteiger partial charge in [0.25, 0.3) is 0 Å². The van der Waals surface area contributed by atoms with E-state index in [-0.39, 0.29) is 0 Å². The third kappa shape index (κ3) is 1.70. The van der Waals surface area contributed by atoms with Gasteiger partial charge in [-0.15, -0.1) is 0 Å². The summed E-state index contributed by atoms with van der Waals surface area (Å²) in [7, 11) is 0. The fourth-order valence-electron chi connectivity index (χ4n) is 1.56. The summed E-state index contributed by atoms with van der Waals surface area (Å²) in [5.41, 5.74) is 1.13. The second-order valence-electron chi connectivity index (χ2n) is 3.05. The molecule has 0 aliphatic carbocycles. The van der Waals surface area contributed by atoms with Crippen molar-refractivity contribution in [1.82, 2.24) is 4.57 Å². The molecular formula is C10H8BrClIN. The summed E-state index contributed by atoms with van der Waals surface area (Å²) < 4.78 is 4.44. The zero-order valence-corrected chi connectivity index (χ0v) is 12.0. The molecule has 2 rings (SSSR count). The minimum absolute atomic E-state index is 0.805. The van der Waals surface area contributed by atoms with Gasteiger partial charge in [-0.3, -0.25) is 0 Å². The van der Waals surface area contributed by atoms with E-state index in [9.17, 15) is 0 Å². The molecule has 0 radical (unpaired) electrons. The van der Waals surface area contributed by atoms with Crippen LogP contribution in [0.1, 0.15) is 6.92 Å². The summed E-state index contributed by atoms with van der Waals surface area (Å²) in [6, 6.07) is 4.04. The standard InChI is InChI=1S/C10H8BrClIN/c1-2-14-5-9(13)7-3-6(11)4-8(12)10(7)14/h3-5H,2H2,1H3. The third-order valence-corrected chi connectivity index (χ3v) is 3.79. The maximum Gasteiger partial charge on any atom is 0.0681 e. The van der Waals surface area contributed by atoms with Crippen LogP contribution in [0.4, 0.5) is 0 Å². The van der Waals surface area contributed by atoms with Gasteiger partial charge in [0.15, 0.2) is 0 Å². The number of halogens is 3. The van der Waals surface area contributed by atoms with Gasteiger partial charge in [-0.25, -0.2) is 0 Å². The Hall–Kier alpha value is 0.260. The number of rotatable bonds is 1. The SMILES string of the molecule is CCn1cc(I)c2cc(Br)cc(Cl)c21. The Kier molecular flexibility index (Phi) is 3.09. The Morgan fingerprint density at radius 1 is 1.50 bits per heavy atom. The van der Waals surface area contributed by atoms with E-state index in [2.05, 4.69) is 62.3 Å². The number of hydrogen-bond acceptors (Lipinski definition) is 0. The van der Waals surface area contributed by atoms with Crippen LogP contribution < -0.4 is 0 Å². The monoisotopic (exact) mass is 383 g/mol. The minimum Gasteiger partial charge on any atom is -0.345 e. The van der Waals surface area contributed by atoms with Gasteiger partial charge in [-0.05, 0) is 41.6 Å². The molecule has 0 spiro atoms. The number of aromatic nitrogens is 1. The van der Waals surface area contributed by atoms with E-state index in [1.54, 1.807) is 0 Å². The van der Waals surface area contributed by atoms with E-state index in [1.165, 1.54) is 8.96 Å². The highest BCUT2D eigenvalue weighted by Crippen LogP contribution is 2.32. The summed E-state index contributed by atoms with van der Waals surface area (Å²) in [6.07, 6.45) is 2.13. The lowest BCUT2D eigenvalue weighted by molar-refractivity contribution is 0.796. The van der Waals surface area contributed by atoms with Crippen molar-refractivity contribution in [3.63, 3.8) is 0 Å². The van der Waals surface area contributed by atoms with E-state index in [0.29, 0.717) is 0 Å². The first-order chi connectivity index (χ1) is 6.63. The Balaban J connectivity index is 2.89. The third-order valence-electron chi connectivity index (χ3n) is 2.18. The predicted octanol–water partition coefficient (Wildman–Crippen LogP) is 4.68. The predicted molar refractivity (Wildman–Crippen MR) is 73.0 cm³/mol. The molecule has 0 aliphatic rings. The zero-order chi connectivity index (χ0) is 10.3. The second-order valence-corrected chi connectivity index (χ2v) is 5.53. The molecule has 0 unspecified atom stereocenters. The van der Waals surface area contributed by atoms with Crippen molar-refractivity contribution < 1.29 is 0 Å². The van der Waals surface area contributed by atoms with Gasteiger partial charge in [0.2, 0.25) is 0 Å². The molecule has 0 bridgehead atoms. The molecule has 0 atom stereocenters. The molecule has 1 heterocycles. The molecule has 2 aromatic rings. The number of hydrogen-bond donors (Lipinski definition) is 0. The normalized spacial score (nSPS) is 11.1. The number of nitrogens with zero attached hydrogens (tertiary/aromatic N) is 1. The van der Waals surface area contributed by atoms with Gasteiger partial charge in [0.1, 0.15) is 0 Å². The highest BCUT2D eigenvalue weighted by atomic mass is 127. The molecule has 0 aliphatic heterocycles. The van der Waals surface area contributed by atoms with Crippen LogP contribution in [0, 0.1) is 3.57 Å². The molecule has 0 fully saturated rings. The molecule has 1 aromatic carbocycles. The summed E-state index contributed by atoms with van der Waals surface area (Å²) in [5.74, 6) is 0. The van der Waals surface area contributed by atoms with E-state index >= 15 is 0 Å². The molecular weight excluding hydrogens is 376 g/mol. The van der Waals surface area contributed by atoms with Crippen molar-refractivity contribution in [1.29, 1.82) is 0 Å². The maximum atomic E-state index is 6.21. The molecule has 14 heavy (non-hydrogen) atoms. The van der Waals surface area contributed by atoms with Crippen molar-refractivity contribution >= 4 is 61.0 Å². The first-order valence-electron chi connectivity index (χ1n) is 4.27. The van der Waals surface area contributed by atoms with Gasteiger partial charge in [0.05, 0.1) is 10.5 Å². The van der Waals surface area contributed by atoms with Crippen LogP contribution in [0.2, 0.25) is 5.02 Å². The zero-order valence-electron chi connectivity index (χ0n) is 7.52. The number of aryl methyl sites for hydroxylation is 1. The largest absolute Gasteiger partial charge is 0.345 e. The fraction of sp³-hybridized carbons (Fsp3) is 0.200. The molecule has 1 nitrogen and oxygen atoms in total. The van der Waals surface area contributed by atoms with Crippen LogP contribution in [0.5, 0.6) is 0 Å². The molecule has 74 valence electrons. The van der Waals surface area contributed by atoms with Crippen molar-refractivity contribution in [3.05, 3.63) is 31.4 Å². The van der Waals surface area contributed by atoms with Crippen LogP contribution in [0.25, 0.3) is 10.9 Å². The first kappa shape index (κ1) is 10.8. The molecule has 0 amide bonds. The molecule has 0 saturated heterocycles. The Bertz CT molecular complexity index is 492. The van der Waals surface area contributed by atoms with Crippen LogP contribution in [0.3, 0.4) is 0 Å². The van der Waals surface area contributed by atoms with Gasteiger partial charge in [-0.1, -0.05) is 27.5 Å². The second kappa shape index (κ2) is 4.02. The maximum absolute atomic E-state index is 6.21. The highest BCUT2D eigenvalue weighted by Gasteiger charge is 2.09. The molecule has 4 heteroatoms. The quantitative estimate of drug-likeness (QED) is 0.629. The summed E-state index contributed by atoms with van der Waals surface area (Å²) in [4.78, 5) is 0. The summed E-state index contributed by atoms with van der Waals surface area (Å²) in [6.45, 7) is 3.06. The van der Waals surface area contributed by atoms with Crippen LogP contribution in [0.15, 0.2) is 22.8 Å². The number of fused-ring (bicyclic) bond motifs is 1. The van der Waals surface area contributed by atoms with Crippen LogP contribution >= 0.6 is 50.1 Å². The molecule has 0 saturated carbocycles. The van der Waals surface area contributed by atoms with Crippen molar-refractivity contribution in [2.24, 2.45) is 0 Å². The number of benzene rings is 1. The van der Waals surface area contributed by atoms with Crippen molar-refractivity contribution in [2.45, 2.75) is 13.5 Å². The van der Waals surface area contributed by atoms with E-state index in [1.807, 2.05) is 6.07 Å². The van der Waals surface area contributed by atoms with Crippen LogP contribution in [-0.2, 0) is 6.54 Å². The topological polar surface area (TPSA) is 4.93 Å². The van der Waals surface area contributed by atoms with Gasteiger partial charge in [-0.2, -0.15) is 0 Å². The average molecular weight is 384 g/mol. The van der Waals surface area contributed by atoms with E-state index < -0.39 is 0 Å². The smallest absolute Gasteiger partial charge is 0.0681 e. The van der Waals surface area contributed by atoms with Gasteiger partial charge in [0, 0.05) is 26.2 Å². The lowest BCUT2D eigenvalue weighted by Gasteiger charge is -2.02. The molecule has 1 aromatic heterocycles. The van der Waals surface area contributed by atoms with Gasteiger partial charge < -0.3 is 4.57 Å².